The van der Waals surface area contributed by atoms with E-state index in [4.69, 9.17) is 9.47 Å². The molecule has 1 amide bonds. The van der Waals surface area contributed by atoms with Gasteiger partial charge in [-0.2, -0.15) is 0 Å². The molecule has 0 fully saturated rings. The Labute approximate surface area is 136 Å². The molecular weight excluding hydrogens is 292 g/mol. The van der Waals surface area contributed by atoms with Crippen molar-refractivity contribution in [2.45, 2.75) is 26.8 Å². The first-order chi connectivity index (χ1) is 11.2. The summed E-state index contributed by atoms with van der Waals surface area (Å²) in [7, 11) is 0. The molecule has 122 valence electrons. The molecule has 0 radical (unpaired) electrons. The van der Waals surface area contributed by atoms with Gasteiger partial charge in [-0.05, 0) is 31.5 Å². The Kier molecular flexibility index (Phi) is 6.41. The summed E-state index contributed by atoms with van der Waals surface area (Å²) in [5, 5.41) is 2.86. The first-order valence-corrected chi connectivity index (χ1v) is 7.72. The molecular formula is C18H22N2O3. The minimum atomic E-state index is -0.0649. The van der Waals surface area contributed by atoms with Crippen molar-refractivity contribution in [3.63, 3.8) is 0 Å². The van der Waals surface area contributed by atoms with E-state index in [2.05, 4.69) is 10.3 Å². The number of para-hydroxylation sites is 1. The van der Waals surface area contributed by atoms with E-state index in [1.165, 1.54) is 0 Å². The molecule has 0 aliphatic carbocycles. The first-order valence-electron chi connectivity index (χ1n) is 7.72. The zero-order chi connectivity index (χ0) is 16.5. The number of amides is 1. The van der Waals surface area contributed by atoms with Gasteiger partial charge in [0, 0.05) is 18.3 Å². The average molecular weight is 314 g/mol. The van der Waals surface area contributed by atoms with Gasteiger partial charge in [0.05, 0.1) is 19.6 Å². The Morgan fingerprint density at radius 2 is 2.00 bits per heavy atom. The molecule has 1 heterocycles. The van der Waals surface area contributed by atoms with Crippen molar-refractivity contribution in [2.75, 3.05) is 13.2 Å². The second kappa shape index (κ2) is 8.78. The van der Waals surface area contributed by atoms with Gasteiger partial charge in [0.15, 0.2) is 0 Å². The fourth-order valence-electron chi connectivity index (χ4n) is 2.08. The number of nitrogens with one attached hydrogen (secondary N) is 1. The number of hydrogen-bond acceptors (Lipinski definition) is 4. The Morgan fingerprint density at radius 3 is 2.78 bits per heavy atom. The number of carbonyl (C=O) groups excluding carboxylic acids is 1. The normalized spacial score (nSPS) is 10.2. The molecule has 0 aliphatic rings. The monoisotopic (exact) mass is 314 g/mol. The Hall–Kier alpha value is -2.56. The van der Waals surface area contributed by atoms with Crippen LogP contribution in [-0.4, -0.2) is 24.1 Å². The van der Waals surface area contributed by atoms with E-state index >= 15 is 0 Å². The molecule has 0 saturated carbocycles. The number of rotatable bonds is 8. The number of benzene rings is 1. The van der Waals surface area contributed by atoms with Gasteiger partial charge < -0.3 is 14.8 Å². The summed E-state index contributed by atoms with van der Waals surface area (Å²) in [5.41, 5.74) is 1.92. The van der Waals surface area contributed by atoms with E-state index in [0.717, 1.165) is 16.9 Å². The summed E-state index contributed by atoms with van der Waals surface area (Å²) >= 11 is 0. The van der Waals surface area contributed by atoms with Crippen LogP contribution in [0.3, 0.4) is 0 Å². The maximum absolute atomic E-state index is 11.9. The van der Waals surface area contributed by atoms with Crippen LogP contribution in [0.4, 0.5) is 0 Å². The van der Waals surface area contributed by atoms with Crippen molar-refractivity contribution >= 4 is 5.91 Å². The van der Waals surface area contributed by atoms with Gasteiger partial charge in [-0.1, -0.05) is 24.3 Å². The van der Waals surface area contributed by atoms with Gasteiger partial charge >= 0.3 is 0 Å². The van der Waals surface area contributed by atoms with Crippen LogP contribution in [0.5, 0.6) is 11.6 Å². The van der Waals surface area contributed by atoms with Gasteiger partial charge in [0.25, 0.3) is 0 Å². The molecule has 2 aromatic rings. The Balaban J connectivity index is 1.76. The third kappa shape index (κ3) is 5.29. The van der Waals surface area contributed by atoms with E-state index in [1.807, 2.05) is 50.2 Å². The predicted octanol–water partition coefficient (Wildman–Crippen LogP) is 2.87. The Bertz CT molecular complexity index is 644. The van der Waals surface area contributed by atoms with Crippen molar-refractivity contribution in [2.24, 2.45) is 0 Å². The lowest BCUT2D eigenvalue weighted by Crippen LogP contribution is -2.24. The average Bonchev–Trinajstić information content (AvgIpc) is 2.56. The van der Waals surface area contributed by atoms with E-state index in [9.17, 15) is 4.79 Å². The van der Waals surface area contributed by atoms with E-state index in [-0.39, 0.29) is 5.91 Å². The molecule has 0 unspecified atom stereocenters. The molecule has 1 aromatic carbocycles. The first kappa shape index (κ1) is 16.8. The predicted molar refractivity (Wildman–Crippen MR) is 88.5 cm³/mol. The van der Waals surface area contributed by atoms with Crippen LogP contribution >= 0.6 is 0 Å². The highest BCUT2D eigenvalue weighted by atomic mass is 16.5. The lowest BCUT2D eigenvalue weighted by molar-refractivity contribution is -0.121. The maximum Gasteiger partial charge on any atom is 0.223 e. The van der Waals surface area contributed by atoms with Crippen LogP contribution in [0.1, 0.15) is 24.5 Å². The number of pyridine rings is 1. The molecule has 0 aliphatic heterocycles. The summed E-state index contributed by atoms with van der Waals surface area (Å²) < 4.78 is 11.1. The van der Waals surface area contributed by atoms with Crippen LogP contribution in [-0.2, 0) is 11.3 Å². The number of hydrogen-bond donors (Lipinski definition) is 1. The fraction of sp³-hybridized carbons (Fsp3) is 0.333. The molecule has 1 aromatic heterocycles. The minimum Gasteiger partial charge on any atom is -0.493 e. The number of nitrogens with zero attached hydrogens (tertiary/aromatic N) is 1. The molecule has 23 heavy (non-hydrogen) atoms. The molecule has 1 N–H and O–H groups in total. The van der Waals surface area contributed by atoms with E-state index < -0.39 is 0 Å². The zero-order valence-corrected chi connectivity index (χ0v) is 13.5. The minimum absolute atomic E-state index is 0.0649. The van der Waals surface area contributed by atoms with Gasteiger partial charge in [0.1, 0.15) is 5.75 Å². The number of aromatic nitrogens is 1. The lowest BCUT2D eigenvalue weighted by atomic mass is 10.2. The van der Waals surface area contributed by atoms with Crippen LogP contribution in [0, 0.1) is 6.92 Å². The van der Waals surface area contributed by atoms with E-state index in [0.29, 0.717) is 32.1 Å². The zero-order valence-electron chi connectivity index (χ0n) is 13.5. The summed E-state index contributed by atoms with van der Waals surface area (Å²) in [4.78, 5) is 16.1. The molecule has 0 atom stereocenters. The van der Waals surface area contributed by atoms with Gasteiger partial charge in [-0.15, -0.1) is 0 Å². The topological polar surface area (TPSA) is 60.5 Å². The molecule has 5 nitrogen and oxygen atoms in total. The van der Waals surface area contributed by atoms with Crippen molar-refractivity contribution in [1.82, 2.24) is 10.3 Å². The highest BCUT2D eigenvalue weighted by Gasteiger charge is 2.07. The maximum atomic E-state index is 11.9. The second-order valence-corrected chi connectivity index (χ2v) is 5.04. The molecule has 0 saturated heterocycles. The highest BCUT2D eigenvalue weighted by molar-refractivity contribution is 5.76. The summed E-state index contributed by atoms with van der Waals surface area (Å²) in [5.74, 6) is 1.31. The molecule has 5 heteroatoms. The standard InChI is InChI=1S/C18H22N2O3/c1-3-22-18-15(8-6-11-19-18)13-20-17(21)10-12-23-16-9-5-4-7-14(16)2/h4-9,11H,3,10,12-13H2,1-2H3,(H,20,21). The van der Waals surface area contributed by atoms with Crippen LogP contribution in [0.2, 0.25) is 0 Å². The molecule has 0 bridgehead atoms. The smallest absolute Gasteiger partial charge is 0.223 e. The summed E-state index contributed by atoms with van der Waals surface area (Å²) in [6, 6.07) is 11.5. The number of ether oxygens (including phenoxy) is 2. The van der Waals surface area contributed by atoms with Gasteiger partial charge in [-0.3, -0.25) is 4.79 Å². The molecule has 2 rings (SSSR count). The largest absolute Gasteiger partial charge is 0.493 e. The quantitative estimate of drug-likeness (QED) is 0.814. The van der Waals surface area contributed by atoms with Crippen molar-refractivity contribution in [1.29, 1.82) is 0 Å². The van der Waals surface area contributed by atoms with Crippen LogP contribution in [0.25, 0.3) is 0 Å². The fourth-order valence-corrected chi connectivity index (χ4v) is 2.08. The summed E-state index contributed by atoms with van der Waals surface area (Å²) in [6.45, 7) is 5.17. The van der Waals surface area contributed by atoms with Crippen molar-refractivity contribution in [3.05, 3.63) is 53.7 Å². The van der Waals surface area contributed by atoms with Gasteiger partial charge in [-0.25, -0.2) is 4.98 Å². The number of carbonyl (C=O) groups is 1. The SMILES string of the molecule is CCOc1ncccc1CNC(=O)CCOc1ccccc1C. The molecule has 0 spiro atoms. The Morgan fingerprint density at radius 1 is 1.17 bits per heavy atom. The van der Waals surface area contributed by atoms with Gasteiger partial charge in [0.2, 0.25) is 11.8 Å². The second-order valence-electron chi connectivity index (χ2n) is 5.04. The third-order valence-electron chi connectivity index (χ3n) is 3.29. The van der Waals surface area contributed by atoms with Crippen molar-refractivity contribution < 1.29 is 14.3 Å². The van der Waals surface area contributed by atoms with E-state index in [1.54, 1.807) is 6.20 Å². The number of aryl methyl sites for hydroxylation is 1. The van der Waals surface area contributed by atoms with Crippen molar-refractivity contribution in [3.8, 4) is 11.6 Å². The van der Waals surface area contributed by atoms with Crippen LogP contribution < -0.4 is 14.8 Å². The van der Waals surface area contributed by atoms with Crippen LogP contribution in [0.15, 0.2) is 42.6 Å². The summed E-state index contributed by atoms with van der Waals surface area (Å²) in [6.07, 6.45) is 1.98. The lowest BCUT2D eigenvalue weighted by Gasteiger charge is -2.11. The third-order valence-corrected chi connectivity index (χ3v) is 3.29. The highest BCUT2D eigenvalue weighted by Crippen LogP contribution is 2.16.